The third-order valence-corrected chi connectivity index (χ3v) is 1.99. The highest BCUT2D eigenvalue weighted by atomic mass is 35.5. The number of hydrogen-bond donors (Lipinski definition) is 1. The molecule has 0 aromatic rings. The number of hydrogen-bond acceptors (Lipinski definition) is 1. The smallest absolute Gasteiger partial charge is 0.123 e. The van der Waals surface area contributed by atoms with Crippen molar-refractivity contribution in [3.05, 3.63) is 35.3 Å². The molecule has 0 aliphatic heterocycles. The number of nitrogens with two attached hydrogens (primary N) is 1. The molecule has 0 fully saturated rings. The summed E-state index contributed by atoms with van der Waals surface area (Å²) in [5.41, 5.74) is 7.34. The van der Waals surface area contributed by atoms with Gasteiger partial charge in [-0.1, -0.05) is 6.08 Å². The maximum absolute atomic E-state index is 12.5. The Hall–Kier alpha value is -0.760. The van der Waals surface area contributed by atoms with Crippen molar-refractivity contribution in [2.45, 2.75) is 6.42 Å². The lowest BCUT2D eigenvalue weighted by Gasteiger charge is -2.28. The second kappa shape index (κ2) is 2.70. The van der Waals surface area contributed by atoms with Crippen LogP contribution in [0.4, 0.5) is 4.39 Å². The molecule has 2 N–H and O–H groups in total. The molecule has 0 aromatic heterocycles. The van der Waals surface area contributed by atoms with E-state index in [0.717, 1.165) is 17.7 Å². The monoisotopic (exact) mass is 173 g/mol. The van der Waals surface area contributed by atoms with Crippen LogP contribution in [-0.4, -0.2) is 0 Å². The van der Waals surface area contributed by atoms with E-state index in [2.05, 4.69) is 0 Å². The molecule has 1 nitrogen and oxygen atoms in total. The third kappa shape index (κ3) is 1.18. The molecule has 0 bridgehead atoms. The molecule has 3 heteroatoms. The van der Waals surface area contributed by atoms with Gasteiger partial charge in [0.1, 0.15) is 5.83 Å². The number of allylic oxidation sites excluding steroid dienone is 6. The molecule has 0 amide bonds. The first-order valence-corrected chi connectivity index (χ1v) is 3.31. The van der Waals surface area contributed by atoms with Gasteiger partial charge in [0.2, 0.25) is 0 Å². The molecule has 0 saturated carbocycles. The van der Waals surface area contributed by atoms with Crippen molar-refractivity contribution < 1.29 is 4.39 Å². The third-order valence-electron chi connectivity index (χ3n) is 1.99. The fourth-order valence-electron chi connectivity index (χ4n) is 1.35. The average Bonchev–Trinajstić information content (AvgIpc) is 1.92. The quantitative estimate of drug-likeness (QED) is 0.596. The highest BCUT2D eigenvalue weighted by Gasteiger charge is 2.26. The van der Waals surface area contributed by atoms with Crippen LogP contribution in [0.3, 0.4) is 0 Å². The lowest BCUT2D eigenvalue weighted by Crippen LogP contribution is -2.22. The molecular weight excluding hydrogens is 165 g/mol. The Labute approximate surface area is 70.9 Å². The van der Waals surface area contributed by atoms with Gasteiger partial charge in [-0.2, -0.15) is 0 Å². The van der Waals surface area contributed by atoms with E-state index in [-0.39, 0.29) is 18.2 Å². The van der Waals surface area contributed by atoms with Gasteiger partial charge in [0.15, 0.2) is 0 Å². The van der Waals surface area contributed by atoms with Gasteiger partial charge < -0.3 is 5.73 Å². The molecule has 60 valence electrons. The molecule has 1 unspecified atom stereocenters. The van der Waals surface area contributed by atoms with E-state index >= 15 is 0 Å². The Morgan fingerprint density at radius 3 is 2.82 bits per heavy atom. The van der Waals surface area contributed by atoms with Crippen LogP contribution in [0.25, 0.3) is 0 Å². The summed E-state index contributed by atoms with van der Waals surface area (Å²) in [6, 6.07) is 0. The fourth-order valence-corrected chi connectivity index (χ4v) is 1.35. The van der Waals surface area contributed by atoms with E-state index in [9.17, 15) is 4.39 Å². The topological polar surface area (TPSA) is 26.0 Å². The Balaban J connectivity index is 0.000000605. The highest BCUT2D eigenvalue weighted by molar-refractivity contribution is 5.85. The van der Waals surface area contributed by atoms with Crippen LogP contribution in [0.2, 0.25) is 0 Å². The van der Waals surface area contributed by atoms with Gasteiger partial charge in [-0.25, -0.2) is 4.39 Å². The van der Waals surface area contributed by atoms with Crippen molar-refractivity contribution >= 4 is 12.4 Å². The summed E-state index contributed by atoms with van der Waals surface area (Å²) in [4.78, 5) is 0. The largest absolute Gasteiger partial charge is 0.402 e. The SMILES string of the molecule is Cl.NC1=C2C=C(F)C=CC2C1. The Kier molecular flexibility index (Phi) is 2.05. The average molecular weight is 174 g/mol. The van der Waals surface area contributed by atoms with Crippen LogP contribution in [0.15, 0.2) is 35.3 Å². The van der Waals surface area contributed by atoms with Crippen molar-refractivity contribution in [3.8, 4) is 0 Å². The van der Waals surface area contributed by atoms with Gasteiger partial charge in [0, 0.05) is 11.6 Å². The summed E-state index contributed by atoms with van der Waals surface area (Å²) < 4.78 is 12.5. The van der Waals surface area contributed by atoms with Crippen LogP contribution in [0.5, 0.6) is 0 Å². The van der Waals surface area contributed by atoms with Crippen molar-refractivity contribution in [2.24, 2.45) is 11.7 Å². The van der Waals surface area contributed by atoms with Crippen LogP contribution in [0, 0.1) is 5.92 Å². The summed E-state index contributed by atoms with van der Waals surface area (Å²) in [6.07, 6.45) is 5.78. The van der Waals surface area contributed by atoms with Crippen LogP contribution < -0.4 is 5.73 Å². The predicted octanol–water partition coefficient (Wildman–Crippen LogP) is 2.06. The van der Waals surface area contributed by atoms with Crippen molar-refractivity contribution in [3.63, 3.8) is 0 Å². The maximum Gasteiger partial charge on any atom is 0.123 e. The Bertz CT molecular complexity index is 265. The summed E-state index contributed by atoms with van der Waals surface area (Å²) in [5, 5.41) is 0. The van der Waals surface area contributed by atoms with Gasteiger partial charge in [-0.05, 0) is 24.1 Å². The molecular formula is C8H9ClFN. The second-order valence-corrected chi connectivity index (χ2v) is 2.68. The molecule has 0 saturated heterocycles. The minimum atomic E-state index is -0.186. The first-order valence-electron chi connectivity index (χ1n) is 3.31. The normalized spacial score (nSPS) is 26.6. The fraction of sp³-hybridized carbons (Fsp3) is 0.250. The second-order valence-electron chi connectivity index (χ2n) is 2.68. The summed E-state index contributed by atoms with van der Waals surface area (Å²) >= 11 is 0. The molecule has 1 atom stereocenters. The molecule has 2 rings (SSSR count). The summed E-state index contributed by atoms with van der Waals surface area (Å²) in [6.45, 7) is 0. The molecule has 0 spiro atoms. The van der Waals surface area contributed by atoms with Crippen LogP contribution >= 0.6 is 12.4 Å². The van der Waals surface area contributed by atoms with Gasteiger partial charge in [0.25, 0.3) is 0 Å². The van der Waals surface area contributed by atoms with E-state index in [0.29, 0.717) is 5.92 Å². The Morgan fingerprint density at radius 2 is 2.27 bits per heavy atom. The number of rotatable bonds is 0. The van der Waals surface area contributed by atoms with Crippen molar-refractivity contribution in [1.29, 1.82) is 0 Å². The van der Waals surface area contributed by atoms with E-state index in [4.69, 9.17) is 5.73 Å². The maximum atomic E-state index is 12.5. The zero-order valence-electron chi connectivity index (χ0n) is 5.88. The van der Waals surface area contributed by atoms with E-state index in [1.165, 1.54) is 12.2 Å². The van der Waals surface area contributed by atoms with E-state index < -0.39 is 0 Å². The van der Waals surface area contributed by atoms with Gasteiger partial charge >= 0.3 is 0 Å². The molecule has 0 heterocycles. The van der Waals surface area contributed by atoms with Crippen LogP contribution in [-0.2, 0) is 0 Å². The van der Waals surface area contributed by atoms with E-state index in [1.54, 1.807) is 0 Å². The first kappa shape index (κ1) is 8.34. The standard InChI is InChI=1S/C8H8FN.ClH/c9-6-2-1-5-3-8(10)7(5)4-6;/h1-2,4-5H,3,10H2;1H. The number of fused-ring (bicyclic) bond motifs is 1. The van der Waals surface area contributed by atoms with Crippen molar-refractivity contribution in [2.75, 3.05) is 0 Å². The lowest BCUT2D eigenvalue weighted by molar-refractivity contribution is 0.607. The van der Waals surface area contributed by atoms with Gasteiger partial charge in [0.05, 0.1) is 0 Å². The molecule has 2 aliphatic rings. The summed E-state index contributed by atoms with van der Waals surface area (Å²) in [7, 11) is 0. The lowest BCUT2D eigenvalue weighted by atomic mass is 9.79. The zero-order chi connectivity index (χ0) is 7.14. The highest BCUT2D eigenvalue weighted by Crippen LogP contribution is 2.37. The number of halogens is 2. The Morgan fingerprint density at radius 1 is 1.55 bits per heavy atom. The van der Waals surface area contributed by atoms with Gasteiger partial charge in [-0.15, -0.1) is 12.4 Å². The molecule has 2 aliphatic carbocycles. The first-order chi connectivity index (χ1) is 4.77. The predicted molar refractivity (Wildman–Crippen MR) is 44.9 cm³/mol. The molecule has 0 radical (unpaired) electrons. The molecule has 11 heavy (non-hydrogen) atoms. The van der Waals surface area contributed by atoms with E-state index in [1.807, 2.05) is 6.08 Å². The zero-order valence-corrected chi connectivity index (χ0v) is 6.70. The van der Waals surface area contributed by atoms with Crippen molar-refractivity contribution in [1.82, 2.24) is 0 Å². The molecule has 0 aromatic carbocycles. The minimum Gasteiger partial charge on any atom is -0.402 e. The van der Waals surface area contributed by atoms with Gasteiger partial charge in [-0.3, -0.25) is 0 Å². The van der Waals surface area contributed by atoms with Crippen LogP contribution in [0.1, 0.15) is 6.42 Å². The minimum absolute atomic E-state index is 0. The summed E-state index contributed by atoms with van der Waals surface area (Å²) in [5.74, 6) is 0.216.